The molecular weight excluding hydrogens is 263 g/mol. The highest BCUT2D eigenvalue weighted by molar-refractivity contribution is 5.81. The summed E-state index contributed by atoms with van der Waals surface area (Å²) in [4.78, 5) is 13.8. The van der Waals surface area contributed by atoms with Crippen molar-refractivity contribution >= 4 is 5.91 Å². The molecule has 1 heterocycles. The highest BCUT2D eigenvalue weighted by atomic mass is 19.1. The first-order valence-electron chi connectivity index (χ1n) is 6.52. The zero-order valence-electron chi connectivity index (χ0n) is 11.4. The topological polar surface area (TPSA) is 64.8 Å². The summed E-state index contributed by atoms with van der Waals surface area (Å²) in [6, 6.07) is 5.45. The average Bonchev–Trinajstić information content (AvgIpc) is 2.47. The minimum Gasteiger partial charge on any atom is -0.383 e. The van der Waals surface area contributed by atoms with Gasteiger partial charge in [0.05, 0.1) is 19.8 Å². The Hall–Kier alpha value is -1.50. The van der Waals surface area contributed by atoms with Crippen LogP contribution in [0, 0.1) is 5.82 Å². The lowest BCUT2D eigenvalue weighted by Crippen LogP contribution is -2.50. The number of rotatable bonds is 4. The molecule has 2 atom stereocenters. The maximum absolute atomic E-state index is 12.9. The number of benzene rings is 1. The lowest BCUT2D eigenvalue weighted by molar-refractivity contribution is -0.141. The summed E-state index contributed by atoms with van der Waals surface area (Å²) in [5.74, 6) is -0.443. The number of amides is 1. The van der Waals surface area contributed by atoms with Gasteiger partial charge in [-0.25, -0.2) is 4.39 Å². The molecule has 6 heteroatoms. The number of methoxy groups -OCH3 is 1. The molecule has 0 saturated carbocycles. The fraction of sp³-hybridized carbons (Fsp3) is 0.500. The highest BCUT2D eigenvalue weighted by Gasteiger charge is 2.28. The first kappa shape index (κ1) is 14.9. The van der Waals surface area contributed by atoms with E-state index in [1.165, 1.54) is 19.2 Å². The van der Waals surface area contributed by atoms with E-state index >= 15 is 0 Å². The first-order valence-corrected chi connectivity index (χ1v) is 6.52. The standard InChI is InChI=1S/C14H19FN2O3/c1-19-9-12(16)14(18)17-6-7-20-13(8-17)10-2-4-11(15)5-3-10/h2-5,12-13H,6-9,16H2,1H3. The van der Waals surface area contributed by atoms with Crippen LogP contribution in [0.1, 0.15) is 11.7 Å². The maximum atomic E-state index is 12.9. The van der Waals surface area contributed by atoms with Crippen molar-refractivity contribution in [3.05, 3.63) is 35.6 Å². The average molecular weight is 282 g/mol. The van der Waals surface area contributed by atoms with Crippen LogP contribution in [-0.4, -0.2) is 50.3 Å². The molecule has 1 fully saturated rings. The van der Waals surface area contributed by atoms with Crippen LogP contribution in [0.25, 0.3) is 0 Å². The minimum atomic E-state index is -0.660. The van der Waals surface area contributed by atoms with Gasteiger partial charge in [0.25, 0.3) is 0 Å². The summed E-state index contributed by atoms with van der Waals surface area (Å²) < 4.78 is 23.4. The van der Waals surface area contributed by atoms with Crippen LogP contribution in [0.5, 0.6) is 0 Å². The van der Waals surface area contributed by atoms with E-state index in [0.29, 0.717) is 19.7 Å². The molecule has 1 saturated heterocycles. The van der Waals surface area contributed by atoms with E-state index < -0.39 is 6.04 Å². The summed E-state index contributed by atoms with van der Waals surface area (Å²) in [6.45, 7) is 1.56. The van der Waals surface area contributed by atoms with Gasteiger partial charge in [-0.15, -0.1) is 0 Å². The highest BCUT2D eigenvalue weighted by Crippen LogP contribution is 2.22. The molecule has 1 aromatic carbocycles. The minimum absolute atomic E-state index is 0.151. The molecule has 5 nitrogen and oxygen atoms in total. The third kappa shape index (κ3) is 3.53. The molecule has 1 aliphatic heterocycles. The Morgan fingerprint density at radius 1 is 1.55 bits per heavy atom. The van der Waals surface area contributed by atoms with Gasteiger partial charge in [-0.2, -0.15) is 0 Å². The van der Waals surface area contributed by atoms with E-state index in [0.717, 1.165) is 5.56 Å². The molecular formula is C14H19FN2O3. The molecule has 2 unspecified atom stereocenters. The number of halogens is 1. The van der Waals surface area contributed by atoms with E-state index in [-0.39, 0.29) is 24.4 Å². The van der Waals surface area contributed by atoms with Crippen LogP contribution in [0.3, 0.4) is 0 Å². The molecule has 110 valence electrons. The maximum Gasteiger partial charge on any atom is 0.242 e. The largest absolute Gasteiger partial charge is 0.383 e. The van der Waals surface area contributed by atoms with E-state index in [9.17, 15) is 9.18 Å². The normalized spacial score (nSPS) is 20.8. The Balaban J connectivity index is 2.01. The molecule has 0 aromatic heterocycles. The molecule has 0 spiro atoms. The number of morpholine rings is 1. The zero-order chi connectivity index (χ0) is 14.5. The molecule has 0 radical (unpaired) electrons. The Bertz CT molecular complexity index is 452. The number of carbonyl (C=O) groups excluding carboxylic acids is 1. The van der Waals surface area contributed by atoms with Crippen LogP contribution in [0.2, 0.25) is 0 Å². The van der Waals surface area contributed by atoms with Gasteiger partial charge >= 0.3 is 0 Å². The lowest BCUT2D eigenvalue weighted by Gasteiger charge is -2.34. The van der Waals surface area contributed by atoms with Gasteiger partial charge in [0.15, 0.2) is 0 Å². The van der Waals surface area contributed by atoms with Gasteiger partial charge in [0.2, 0.25) is 5.91 Å². The van der Waals surface area contributed by atoms with Crippen molar-refractivity contribution in [1.82, 2.24) is 4.90 Å². The zero-order valence-corrected chi connectivity index (χ0v) is 11.4. The van der Waals surface area contributed by atoms with Crippen LogP contribution in [-0.2, 0) is 14.3 Å². The van der Waals surface area contributed by atoms with E-state index in [1.807, 2.05) is 0 Å². The SMILES string of the molecule is COCC(N)C(=O)N1CCOC(c2ccc(F)cc2)C1. The second-order valence-electron chi connectivity index (χ2n) is 4.76. The monoisotopic (exact) mass is 282 g/mol. The fourth-order valence-electron chi connectivity index (χ4n) is 2.21. The molecule has 2 N–H and O–H groups in total. The van der Waals surface area contributed by atoms with E-state index in [1.54, 1.807) is 17.0 Å². The van der Waals surface area contributed by atoms with Crippen molar-refractivity contribution in [3.8, 4) is 0 Å². The Morgan fingerprint density at radius 3 is 2.90 bits per heavy atom. The summed E-state index contributed by atoms with van der Waals surface area (Å²) >= 11 is 0. The second kappa shape index (κ2) is 6.78. The lowest BCUT2D eigenvalue weighted by atomic mass is 10.1. The molecule has 0 bridgehead atoms. The van der Waals surface area contributed by atoms with Crippen LogP contribution in [0.15, 0.2) is 24.3 Å². The van der Waals surface area contributed by atoms with Gasteiger partial charge in [-0.1, -0.05) is 12.1 Å². The predicted octanol–water partition coefficient (Wildman–Crippen LogP) is 0.699. The van der Waals surface area contributed by atoms with Crippen molar-refractivity contribution in [2.45, 2.75) is 12.1 Å². The number of nitrogens with zero attached hydrogens (tertiary/aromatic N) is 1. The number of nitrogens with two attached hydrogens (primary N) is 1. The summed E-state index contributed by atoms with van der Waals surface area (Å²) in [6.07, 6.45) is -0.247. The second-order valence-corrected chi connectivity index (χ2v) is 4.76. The van der Waals surface area contributed by atoms with Gasteiger partial charge in [-0.05, 0) is 17.7 Å². The Labute approximate surface area is 117 Å². The molecule has 1 aliphatic rings. The third-order valence-electron chi connectivity index (χ3n) is 3.28. The Kier molecular flexibility index (Phi) is 5.05. The van der Waals surface area contributed by atoms with Crippen LogP contribution < -0.4 is 5.73 Å². The third-order valence-corrected chi connectivity index (χ3v) is 3.28. The molecule has 1 aromatic rings. The number of carbonyl (C=O) groups is 1. The van der Waals surface area contributed by atoms with E-state index in [2.05, 4.69) is 0 Å². The summed E-state index contributed by atoms with van der Waals surface area (Å²) in [7, 11) is 1.51. The molecule has 1 amide bonds. The van der Waals surface area contributed by atoms with Crippen molar-refractivity contribution in [1.29, 1.82) is 0 Å². The number of hydrogen-bond acceptors (Lipinski definition) is 4. The van der Waals surface area contributed by atoms with Crippen molar-refractivity contribution in [2.75, 3.05) is 33.4 Å². The quantitative estimate of drug-likeness (QED) is 0.883. The van der Waals surface area contributed by atoms with Gasteiger partial charge in [-0.3, -0.25) is 4.79 Å². The van der Waals surface area contributed by atoms with Crippen LogP contribution in [0.4, 0.5) is 4.39 Å². The summed E-state index contributed by atoms with van der Waals surface area (Å²) in [5.41, 5.74) is 6.61. The smallest absolute Gasteiger partial charge is 0.242 e. The fourth-order valence-corrected chi connectivity index (χ4v) is 2.21. The van der Waals surface area contributed by atoms with Crippen molar-refractivity contribution < 1.29 is 18.7 Å². The van der Waals surface area contributed by atoms with Gasteiger partial charge in [0.1, 0.15) is 18.0 Å². The molecule has 2 rings (SSSR count). The van der Waals surface area contributed by atoms with Crippen molar-refractivity contribution in [2.24, 2.45) is 5.73 Å². The van der Waals surface area contributed by atoms with E-state index in [4.69, 9.17) is 15.2 Å². The first-order chi connectivity index (χ1) is 9.61. The Morgan fingerprint density at radius 2 is 2.25 bits per heavy atom. The summed E-state index contributed by atoms with van der Waals surface area (Å²) in [5, 5.41) is 0. The van der Waals surface area contributed by atoms with Crippen LogP contribution >= 0.6 is 0 Å². The predicted molar refractivity (Wildman–Crippen MR) is 71.5 cm³/mol. The van der Waals surface area contributed by atoms with Gasteiger partial charge < -0.3 is 20.1 Å². The van der Waals surface area contributed by atoms with Crippen molar-refractivity contribution in [3.63, 3.8) is 0 Å². The van der Waals surface area contributed by atoms with Gasteiger partial charge in [0, 0.05) is 13.7 Å². The number of ether oxygens (including phenoxy) is 2. The number of hydrogen-bond donors (Lipinski definition) is 1. The molecule has 0 aliphatic carbocycles. The molecule has 20 heavy (non-hydrogen) atoms.